The first kappa shape index (κ1) is 13.1. The zero-order valence-electron chi connectivity index (χ0n) is 10.1. The first-order chi connectivity index (χ1) is 9.65. The molecule has 1 aliphatic rings. The number of hydrogen-bond donors (Lipinski definition) is 1. The molecule has 0 spiro atoms. The molecular weight excluding hydrogens is 300 g/mol. The number of aromatic amines is 1. The molecule has 2 heterocycles. The van der Waals surface area contributed by atoms with Gasteiger partial charge in [-0.2, -0.15) is 5.10 Å². The SMILES string of the molecule is O=C1C[C@H](Sc2ncn[nH]2)C(=O)N1c1ccc(Cl)cc1. The van der Waals surface area contributed by atoms with Crippen molar-refractivity contribution in [1.82, 2.24) is 15.2 Å². The van der Waals surface area contributed by atoms with E-state index in [1.165, 1.54) is 23.0 Å². The maximum absolute atomic E-state index is 12.3. The summed E-state index contributed by atoms with van der Waals surface area (Å²) >= 11 is 7.01. The summed E-state index contributed by atoms with van der Waals surface area (Å²) in [6.07, 6.45) is 1.51. The Hall–Kier alpha value is -1.86. The quantitative estimate of drug-likeness (QED) is 0.876. The number of nitrogens with one attached hydrogen (secondary N) is 1. The number of hydrogen-bond acceptors (Lipinski definition) is 5. The van der Waals surface area contributed by atoms with Gasteiger partial charge in [0.25, 0.3) is 0 Å². The fourth-order valence-corrected chi connectivity index (χ4v) is 2.98. The van der Waals surface area contributed by atoms with Gasteiger partial charge in [0.2, 0.25) is 11.8 Å². The molecule has 1 N–H and O–H groups in total. The summed E-state index contributed by atoms with van der Waals surface area (Å²) in [5, 5.41) is 6.98. The van der Waals surface area contributed by atoms with Gasteiger partial charge in [-0.1, -0.05) is 23.4 Å². The molecule has 1 saturated heterocycles. The molecule has 20 heavy (non-hydrogen) atoms. The Labute approximate surface area is 123 Å². The summed E-state index contributed by atoms with van der Waals surface area (Å²) in [4.78, 5) is 29.5. The Bertz CT molecular complexity index is 644. The molecule has 2 amide bonds. The van der Waals surface area contributed by atoms with E-state index in [1.807, 2.05) is 0 Å². The van der Waals surface area contributed by atoms with Crippen molar-refractivity contribution in [3.63, 3.8) is 0 Å². The average molecular weight is 309 g/mol. The highest BCUT2D eigenvalue weighted by Gasteiger charge is 2.40. The van der Waals surface area contributed by atoms with Gasteiger partial charge < -0.3 is 0 Å². The lowest BCUT2D eigenvalue weighted by molar-refractivity contribution is -0.121. The smallest absolute Gasteiger partial charge is 0.247 e. The summed E-state index contributed by atoms with van der Waals surface area (Å²) in [7, 11) is 0. The highest BCUT2D eigenvalue weighted by atomic mass is 35.5. The number of imide groups is 1. The minimum atomic E-state index is -0.480. The standard InChI is InChI=1S/C12H9ClN4O2S/c13-7-1-3-8(4-2-7)17-10(18)5-9(11(17)19)20-12-14-6-15-16-12/h1-4,6,9H,5H2,(H,14,15,16)/t9-/m0/s1. The van der Waals surface area contributed by atoms with Gasteiger partial charge in [-0.05, 0) is 24.3 Å². The molecule has 0 saturated carbocycles. The van der Waals surface area contributed by atoms with Crippen molar-refractivity contribution in [3.8, 4) is 0 Å². The summed E-state index contributed by atoms with van der Waals surface area (Å²) < 4.78 is 0. The normalized spacial score (nSPS) is 18.9. The average Bonchev–Trinajstić information content (AvgIpc) is 3.02. The molecule has 1 atom stereocenters. The summed E-state index contributed by atoms with van der Waals surface area (Å²) in [5.74, 6) is -0.479. The van der Waals surface area contributed by atoms with E-state index in [1.54, 1.807) is 24.3 Å². The van der Waals surface area contributed by atoms with Crippen LogP contribution in [0.25, 0.3) is 0 Å². The Kier molecular flexibility index (Phi) is 3.45. The van der Waals surface area contributed by atoms with Gasteiger partial charge in [0.1, 0.15) is 11.6 Å². The van der Waals surface area contributed by atoms with Crippen LogP contribution in [-0.2, 0) is 9.59 Å². The van der Waals surface area contributed by atoms with Crippen LogP contribution >= 0.6 is 23.4 Å². The monoisotopic (exact) mass is 308 g/mol. The number of rotatable bonds is 3. The van der Waals surface area contributed by atoms with Crippen molar-refractivity contribution in [2.75, 3.05) is 4.90 Å². The van der Waals surface area contributed by atoms with E-state index < -0.39 is 5.25 Å². The van der Waals surface area contributed by atoms with Crippen molar-refractivity contribution in [1.29, 1.82) is 0 Å². The van der Waals surface area contributed by atoms with Crippen LogP contribution < -0.4 is 4.90 Å². The van der Waals surface area contributed by atoms with E-state index in [2.05, 4.69) is 15.2 Å². The van der Waals surface area contributed by atoms with Crippen LogP contribution in [0.1, 0.15) is 6.42 Å². The first-order valence-electron chi connectivity index (χ1n) is 5.79. The largest absolute Gasteiger partial charge is 0.274 e. The lowest BCUT2D eigenvalue weighted by Crippen LogP contribution is -2.31. The van der Waals surface area contributed by atoms with Gasteiger partial charge in [0.05, 0.1) is 5.69 Å². The Balaban J connectivity index is 1.81. The minimum Gasteiger partial charge on any atom is -0.274 e. The maximum Gasteiger partial charge on any atom is 0.247 e. The Morgan fingerprint density at radius 2 is 2.05 bits per heavy atom. The fourth-order valence-electron chi connectivity index (χ4n) is 1.94. The zero-order valence-corrected chi connectivity index (χ0v) is 11.7. The molecule has 0 aliphatic carbocycles. The number of H-pyrrole nitrogens is 1. The number of halogens is 1. The summed E-state index contributed by atoms with van der Waals surface area (Å²) in [6.45, 7) is 0. The third-order valence-electron chi connectivity index (χ3n) is 2.84. The molecule has 1 aromatic heterocycles. The van der Waals surface area contributed by atoms with Crippen molar-refractivity contribution in [2.24, 2.45) is 0 Å². The molecule has 1 aromatic carbocycles. The summed E-state index contributed by atoms with van der Waals surface area (Å²) in [5.41, 5.74) is 0.532. The van der Waals surface area contributed by atoms with Crippen LogP contribution in [0.4, 0.5) is 5.69 Å². The lowest BCUT2D eigenvalue weighted by atomic mass is 10.3. The zero-order chi connectivity index (χ0) is 14.1. The number of aromatic nitrogens is 3. The number of thioether (sulfide) groups is 1. The topological polar surface area (TPSA) is 79.0 Å². The van der Waals surface area contributed by atoms with E-state index in [9.17, 15) is 9.59 Å². The molecule has 0 bridgehead atoms. The van der Waals surface area contributed by atoms with Crippen LogP contribution in [0.5, 0.6) is 0 Å². The fraction of sp³-hybridized carbons (Fsp3) is 0.167. The lowest BCUT2D eigenvalue weighted by Gasteiger charge is -2.14. The number of amides is 2. The van der Waals surface area contributed by atoms with Crippen molar-refractivity contribution >= 4 is 40.9 Å². The number of nitrogens with zero attached hydrogens (tertiary/aromatic N) is 3. The molecule has 2 aromatic rings. The van der Waals surface area contributed by atoms with Crippen LogP contribution in [0, 0.1) is 0 Å². The van der Waals surface area contributed by atoms with Gasteiger partial charge in [-0.15, -0.1) is 0 Å². The van der Waals surface area contributed by atoms with E-state index in [0.717, 1.165) is 0 Å². The van der Waals surface area contributed by atoms with E-state index in [4.69, 9.17) is 11.6 Å². The molecule has 3 rings (SSSR count). The third kappa shape index (κ3) is 2.41. The molecular formula is C12H9ClN4O2S. The van der Waals surface area contributed by atoms with Gasteiger partial charge in [-0.25, -0.2) is 9.88 Å². The number of carbonyl (C=O) groups excluding carboxylic acids is 2. The molecule has 6 nitrogen and oxygen atoms in total. The molecule has 1 fully saturated rings. The van der Waals surface area contributed by atoms with Gasteiger partial charge in [0, 0.05) is 11.4 Å². The second kappa shape index (κ2) is 5.26. The predicted molar refractivity (Wildman–Crippen MR) is 74.6 cm³/mol. The first-order valence-corrected chi connectivity index (χ1v) is 7.05. The molecule has 1 aliphatic heterocycles. The van der Waals surface area contributed by atoms with Gasteiger partial charge in [-0.3, -0.25) is 14.7 Å². The van der Waals surface area contributed by atoms with Crippen LogP contribution in [-0.4, -0.2) is 32.2 Å². The molecule has 102 valence electrons. The van der Waals surface area contributed by atoms with Gasteiger partial charge in [0.15, 0.2) is 5.16 Å². The molecule has 0 radical (unpaired) electrons. The van der Waals surface area contributed by atoms with E-state index in [0.29, 0.717) is 15.9 Å². The van der Waals surface area contributed by atoms with Crippen LogP contribution in [0.15, 0.2) is 35.7 Å². The molecule has 8 heteroatoms. The number of carbonyl (C=O) groups is 2. The van der Waals surface area contributed by atoms with Crippen LogP contribution in [0.3, 0.4) is 0 Å². The predicted octanol–water partition coefficient (Wildman–Crippen LogP) is 1.88. The third-order valence-corrected chi connectivity index (χ3v) is 4.16. The summed E-state index contributed by atoms with van der Waals surface area (Å²) in [6, 6.07) is 6.60. The number of benzene rings is 1. The number of anilines is 1. The van der Waals surface area contributed by atoms with Gasteiger partial charge >= 0.3 is 0 Å². The van der Waals surface area contributed by atoms with E-state index >= 15 is 0 Å². The maximum atomic E-state index is 12.3. The Morgan fingerprint density at radius 3 is 2.70 bits per heavy atom. The van der Waals surface area contributed by atoms with Crippen molar-refractivity contribution in [3.05, 3.63) is 35.6 Å². The second-order valence-electron chi connectivity index (χ2n) is 4.15. The van der Waals surface area contributed by atoms with Crippen molar-refractivity contribution in [2.45, 2.75) is 16.8 Å². The Morgan fingerprint density at radius 1 is 1.30 bits per heavy atom. The second-order valence-corrected chi connectivity index (χ2v) is 5.77. The van der Waals surface area contributed by atoms with E-state index in [-0.39, 0.29) is 18.2 Å². The van der Waals surface area contributed by atoms with Crippen LogP contribution in [0.2, 0.25) is 5.02 Å². The molecule has 0 unspecified atom stereocenters. The highest BCUT2D eigenvalue weighted by Crippen LogP contribution is 2.32. The van der Waals surface area contributed by atoms with Crippen molar-refractivity contribution < 1.29 is 9.59 Å². The highest BCUT2D eigenvalue weighted by molar-refractivity contribution is 8.00. The minimum absolute atomic E-state index is 0.146.